The normalized spacial score (nSPS) is 15.9. The van der Waals surface area contributed by atoms with Crippen molar-refractivity contribution in [2.45, 2.75) is 38.2 Å². The van der Waals surface area contributed by atoms with Crippen LogP contribution >= 0.6 is 11.6 Å². The largest absolute Gasteiger partial charge is 0.390 e. The zero-order chi connectivity index (χ0) is 19.1. The second kappa shape index (κ2) is 9.51. The number of benzene rings is 2. The molecule has 27 heavy (non-hydrogen) atoms. The molecule has 0 saturated heterocycles. The van der Waals surface area contributed by atoms with Crippen molar-refractivity contribution in [3.8, 4) is 0 Å². The van der Waals surface area contributed by atoms with E-state index in [0.717, 1.165) is 24.1 Å². The fourth-order valence-electron chi connectivity index (χ4n) is 3.00. The van der Waals surface area contributed by atoms with Gasteiger partial charge in [0.15, 0.2) is 0 Å². The van der Waals surface area contributed by atoms with Gasteiger partial charge >= 0.3 is 0 Å². The first-order valence-corrected chi connectivity index (χ1v) is 9.43. The predicted molar refractivity (Wildman–Crippen MR) is 104 cm³/mol. The van der Waals surface area contributed by atoms with E-state index in [2.05, 4.69) is 10.5 Å². The molecule has 6 heteroatoms. The molecule has 3 rings (SSSR count). The van der Waals surface area contributed by atoms with Crippen molar-refractivity contribution in [3.05, 3.63) is 70.5 Å². The van der Waals surface area contributed by atoms with Gasteiger partial charge in [0.25, 0.3) is 0 Å². The second-order valence-electron chi connectivity index (χ2n) is 6.68. The number of nitrogens with one attached hydrogen (secondary N) is 1. The lowest BCUT2D eigenvalue weighted by atomic mass is 10.0. The Bertz CT molecular complexity index is 808. The van der Waals surface area contributed by atoms with Crippen LogP contribution in [0, 0.1) is 5.82 Å². The van der Waals surface area contributed by atoms with Gasteiger partial charge in [-0.3, -0.25) is 4.79 Å². The number of hydrogen-bond acceptors (Lipinski definition) is 3. The van der Waals surface area contributed by atoms with Crippen LogP contribution in [0.3, 0.4) is 0 Å². The van der Waals surface area contributed by atoms with Crippen molar-refractivity contribution in [2.75, 3.05) is 6.54 Å². The molecule has 0 unspecified atom stereocenters. The summed E-state index contributed by atoms with van der Waals surface area (Å²) in [5.41, 5.74) is 2.90. The van der Waals surface area contributed by atoms with Crippen molar-refractivity contribution in [1.29, 1.82) is 0 Å². The van der Waals surface area contributed by atoms with E-state index >= 15 is 0 Å². The van der Waals surface area contributed by atoms with Gasteiger partial charge in [0.1, 0.15) is 11.9 Å². The first kappa shape index (κ1) is 19.4. The molecule has 4 nitrogen and oxygen atoms in total. The van der Waals surface area contributed by atoms with E-state index in [1.807, 2.05) is 30.3 Å². The van der Waals surface area contributed by atoms with Crippen LogP contribution < -0.4 is 5.32 Å². The number of amides is 1. The Labute approximate surface area is 163 Å². The van der Waals surface area contributed by atoms with E-state index < -0.39 is 0 Å². The maximum Gasteiger partial charge on any atom is 0.220 e. The zero-order valence-electron chi connectivity index (χ0n) is 15.0. The van der Waals surface area contributed by atoms with Crippen LogP contribution in [0.1, 0.15) is 30.4 Å². The van der Waals surface area contributed by atoms with Crippen LogP contribution in [-0.4, -0.2) is 24.3 Å². The maximum atomic E-state index is 13.2. The van der Waals surface area contributed by atoms with E-state index in [-0.39, 0.29) is 17.8 Å². The van der Waals surface area contributed by atoms with Gasteiger partial charge in [0, 0.05) is 24.3 Å². The van der Waals surface area contributed by atoms with E-state index in [9.17, 15) is 9.18 Å². The maximum absolute atomic E-state index is 13.2. The summed E-state index contributed by atoms with van der Waals surface area (Å²) in [5, 5.41) is 7.67. The van der Waals surface area contributed by atoms with Gasteiger partial charge in [-0.2, -0.15) is 0 Å². The fraction of sp³-hybridized carbons (Fsp3) is 0.333. The smallest absolute Gasteiger partial charge is 0.220 e. The third kappa shape index (κ3) is 6.36. The monoisotopic (exact) mass is 388 g/mol. The summed E-state index contributed by atoms with van der Waals surface area (Å²) in [7, 11) is 0. The molecule has 0 bridgehead atoms. The minimum atomic E-state index is -0.255. The summed E-state index contributed by atoms with van der Waals surface area (Å²) < 4.78 is 13.2. The molecule has 1 N–H and O–H groups in total. The number of nitrogens with zero attached hydrogens (tertiary/aromatic N) is 1. The van der Waals surface area contributed by atoms with Crippen LogP contribution in [0.5, 0.6) is 0 Å². The van der Waals surface area contributed by atoms with Gasteiger partial charge in [-0.25, -0.2) is 4.39 Å². The molecule has 2 aromatic rings. The molecule has 0 saturated carbocycles. The summed E-state index contributed by atoms with van der Waals surface area (Å²) in [5.74, 6) is -0.249. The van der Waals surface area contributed by atoms with Crippen LogP contribution in [0.15, 0.2) is 53.7 Å². The SMILES string of the molecule is O=C(CCCc1ccc(Cl)cc1)NC[C@H]1CC(Cc2cccc(F)c2)=NO1. The highest BCUT2D eigenvalue weighted by Crippen LogP contribution is 2.15. The standard InChI is InChI=1S/C21H22ClFN2O2/c22-17-9-7-15(8-10-17)3-2-6-21(26)24-14-20-13-19(25-27-20)12-16-4-1-5-18(23)11-16/h1,4-5,7-11,20H,2-3,6,12-14H2,(H,24,26)/t20-/m1/s1. The molecule has 0 spiro atoms. The Hall–Kier alpha value is -2.40. The zero-order valence-corrected chi connectivity index (χ0v) is 15.7. The van der Waals surface area contributed by atoms with Gasteiger partial charge in [-0.1, -0.05) is 41.0 Å². The fourth-order valence-corrected chi connectivity index (χ4v) is 3.13. The summed E-state index contributed by atoms with van der Waals surface area (Å²) in [6, 6.07) is 14.1. The highest BCUT2D eigenvalue weighted by Gasteiger charge is 2.21. The number of aryl methyl sites for hydroxylation is 1. The van der Waals surface area contributed by atoms with Crippen molar-refractivity contribution in [2.24, 2.45) is 5.16 Å². The third-order valence-electron chi connectivity index (χ3n) is 4.40. The molecular formula is C21H22ClFN2O2. The van der Waals surface area contributed by atoms with Crippen molar-refractivity contribution in [1.82, 2.24) is 5.32 Å². The van der Waals surface area contributed by atoms with E-state index in [4.69, 9.17) is 16.4 Å². The topological polar surface area (TPSA) is 50.7 Å². The lowest BCUT2D eigenvalue weighted by Gasteiger charge is -2.10. The Morgan fingerprint density at radius 1 is 1.22 bits per heavy atom. The first-order valence-electron chi connectivity index (χ1n) is 9.05. The average Bonchev–Trinajstić information content (AvgIpc) is 3.09. The van der Waals surface area contributed by atoms with Crippen molar-refractivity contribution in [3.63, 3.8) is 0 Å². The molecule has 142 valence electrons. The molecule has 1 atom stereocenters. The number of carbonyl (C=O) groups is 1. The number of rotatable bonds is 8. The molecule has 0 aliphatic carbocycles. The molecule has 2 aromatic carbocycles. The summed E-state index contributed by atoms with van der Waals surface area (Å²) in [6.45, 7) is 0.427. The minimum absolute atomic E-state index is 0.00569. The second-order valence-corrected chi connectivity index (χ2v) is 7.12. The molecule has 0 fully saturated rings. The summed E-state index contributed by atoms with van der Waals surface area (Å²) >= 11 is 5.86. The minimum Gasteiger partial charge on any atom is -0.390 e. The summed E-state index contributed by atoms with van der Waals surface area (Å²) in [6.07, 6.45) is 3.12. The molecule has 0 radical (unpaired) electrons. The Kier molecular flexibility index (Phi) is 6.82. The molecule has 1 aliphatic rings. The van der Waals surface area contributed by atoms with Gasteiger partial charge in [-0.05, 0) is 48.2 Å². The average molecular weight is 389 g/mol. The van der Waals surface area contributed by atoms with Crippen LogP contribution in [0.25, 0.3) is 0 Å². The lowest BCUT2D eigenvalue weighted by Crippen LogP contribution is -2.32. The first-order chi connectivity index (χ1) is 13.1. The van der Waals surface area contributed by atoms with E-state index in [0.29, 0.717) is 30.8 Å². The van der Waals surface area contributed by atoms with Crippen molar-refractivity contribution < 1.29 is 14.0 Å². The van der Waals surface area contributed by atoms with Gasteiger partial charge in [-0.15, -0.1) is 0 Å². The number of halogens is 2. The Morgan fingerprint density at radius 2 is 2.04 bits per heavy atom. The number of oxime groups is 1. The van der Waals surface area contributed by atoms with Crippen LogP contribution in [0.2, 0.25) is 5.02 Å². The molecule has 1 heterocycles. The molecule has 1 amide bonds. The summed E-state index contributed by atoms with van der Waals surface area (Å²) in [4.78, 5) is 17.4. The van der Waals surface area contributed by atoms with Crippen molar-refractivity contribution >= 4 is 23.2 Å². The number of carbonyl (C=O) groups excluding carboxylic acids is 1. The quantitative estimate of drug-likeness (QED) is 0.732. The molecular weight excluding hydrogens is 367 g/mol. The lowest BCUT2D eigenvalue weighted by molar-refractivity contribution is -0.121. The van der Waals surface area contributed by atoms with E-state index in [1.165, 1.54) is 17.7 Å². The number of hydrogen-bond donors (Lipinski definition) is 1. The van der Waals surface area contributed by atoms with E-state index in [1.54, 1.807) is 6.07 Å². The third-order valence-corrected chi connectivity index (χ3v) is 4.65. The molecule has 0 aromatic heterocycles. The van der Waals surface area contributed by atoms with Gasteiger partial charge in [0.2, 0.25) is 5.91 Å². The van der Waals surface area contributed by atoms with Gasteiger partial charge < -0.3 is 10.2 Å². The molecule has 1 aliphatic heterocycles. The predicted octanol–water partition coefficient (Wildman–Crippen LogP) is 4.31. The Balaban J connectivity index is 1.32. The van der Waals surface area contributed by atoms with Crippen LogP contribution in [0.4, 0.5) is 4.39 Å². The highest BCUT2D eigenvalue weighted by molar-refractivity contribution is 6.30. The Morgan fingerprint density at radius 3 is 2.81 bits per heavy atom. The highest BCUT2D eigenvalue weighted by atomic mass is 35.5. The van der Waals surface area contributed by atoms with Crippen LogP contribution in [-0.2, 0) is 22.5 Å². The van der Waals surface area contributed by atoms with Gasteiger partial charge in [0.05, 0.1) is 12.3 Å².